The maximum Gasteiger partial charge on any atom is 0.123 e. The van der Waals surface area contributed by atoms with Gasteiger partial charge in [0.15, 0.2) is 0 Å². The van der Waals surface area contributed by atoms with Crippen LogP contribution in [0.3, 0.4) is 0 Å². The summed E-state index contributed by atoms with van der Waals surface area (Å²) in [6, 6.07) is 9.00. The molecule has 0 spiro atoms. The molecule has 100 valence electrons. The summed E-state index contributed by atoms with van der Waals surface area (Å²) in [5.41, 5.74) is 1.28. The Labute approximate surface area is 110 Å². The van der Waals surface area contributed by atoms with Crippen LogP contribution in [0, 0.1) is 0 Å². The molecule has 1 heterocycles. The number of benzene rings is 1. The molecule has 0 radical (unpaired) electrons. The zero-order valence-electron chi connectivity index (χ0n) is 11.5. The van der Waals surface area contributed by atoms with E-state index in [4.69, 9.17) is 4.74 Å². The highest BCUT2D eigenvalue weighted by Gasteiger charge is 2.18. The zero-order chi connectivity index (χ0) is 12.8. The SMILES string of the molecule is CCOc1ccccc1CN(C)C1CCCNC1. The smallest absolute Gasteiger partial charge is 0.123 e. The lowest BCUT2D eigenvalue weighted by molar-refractivity contribution is 0.193. The van der Waals surface area contributed by atoms with Crippen LogP contribution in [0.2, 0.25) is 0 Å². The van der Waals surface area contributed by atoms with Crippen molar-refractivity contribution in [3.05, 3.63) is 29.8 Å². The van der Waals surface area contributed by atoms with E-state index in [1.807, 2.05) is 13.0 Å². The van der Waals surface area contributed by atoms with E-state index in [9.17, 15) is 0 Å². The van der Waals surface area contributed by atoms with Crippen molar-refractivity contribution in [3.63, 3.8) is 0 Å². The molecule has 0 bridgehead atoms. The molecule has 18 heavy (non-hydrogen) atoms. The third-order valence-corrected chi connectivity index (χ3v) is 3.59. The number of likely N-dealkylation sites (N-methyl/N-ethyl adjacent to an activating group) is 1. The first-order valence-electron chi connectivity index (χ1n) is 6.93. The number of piperidine rings is 1. The molecule has 0 aromatic heterocycles. The number of nitrogens with one attached hydrogen (secondary N) is 1. The molecule has 1 aromatic carbocycles. The van der Waals surface area contributed by atoms with E-state index >= 15 is 0 Å². The van der Waals surface area contributed by atoms with Gasteiger partial charge in [0.25, 0.3) is 0 Å². The van der Waals surface area contributed by atoms with Crippen molar-refractivity contribution in [1.82, 2.24) is 10.2 Å². The Morgan fingerprint density at radius 1 is 1.39 bits per heavy atom. The summed E-state index contributed by atoms with van der Waals surface area (Å²) in [5.74, 6) is 1.02. The van der Waals surface area contributed by atoms with Crippen molar-refractivity contribution in [3.8, 4) is 5.75 Å². The number of hydrogen-bond donors (Lipinski definition) is 1. The van der Waals surface area contributed by atoms with Crippen molar-refractivity contribution in [2.45, 2.75) is 32.4 Å². The molecule has 1 saturated heterocycles. The molecule has 1 atom stereocenters. The van der Waals surface area contributed by atoms with Crippen molar-refractivity contribution >= 4 is 0 Å². The normalized spacial score (nSPS) is 20.1. The predicted molar refractivity (Wildman–Crippen MR) is 75.0 cm³/mol. The zero-order valence-corrected chi connectivity index (χ0v) is 11.5. The highest BCUT2D eigenvalue weighted by molar-refractivity contribution is 5.33. The average molecular weight is 248 g/mol. The third kappa shape index (κ3) is 3.47. The second kappa shape index (κ2) is 6.76. The van der Waals surface area contributed by atoms with Crippen LogP contribution in [0.5, 0.6) is 5.75 Å². The molecule has 0 aliphatic carbocycles. The Balaban J connectivity index is 1.99. The monoisotopic (exact) mass is 248 g/mol. The van der Waals surface area contributed by atoms with E-state index in [1.165, 1.54) is 24.9 Å². The molecule has 1 aliphatic heterocycles. The van der Waals surface area contributed by atoms with Gasteiger partial charge < -0.3 is 10.1 Å². The highest BCUT2D eigenvalue weighted by atomic mass is 16.5. The average Bonchev–Trinajstić information content (AvgIpc) is 2.42. The van der Waals surface area contributed by atoms with Crippen LogP contribution in [0.4, 0.5) is 0 Å². The summed E-state index contributed by atoms with van der Waals surface area (Å²) in [5, 5.41) is 3.47. The molecule has 1 aliphatic rings. The van der Waals surface area contributed by atoms with Crippen molar-refractivity contribution in [2.24, 2.45) is 0 Å². The molecule has 1 fully saturated rings. The minimum atomic E-state index is 0.647. The fraction of sp³-hybridized carbons (Fsp3) is 0.600. The van der Waals surface area contributed by atoms with E-state index in [1.54, 1.807) is 0 Å². The maximum absolute atomic E-state index is 5.68. The Kier molecular flexibility index (Phi) is 5.02. The van der Waals surface area contributed by atoms with E-state index in [2.05, 4.69) is 35.5 Å². The van der Waals surface area contributed by atoms with Gasteiger partial charge in [-0.15, -0.1) is 0 Å². The second-order valence-electron chi connectivity index (χ2n) is 4.96. The van der Waals surface area contributed by atoms with Crippen molar-refractivity contribution in [2.75, 3.05) is 26.7 Å². The van der Waals surface area contributed by atoms with Gasteiger partial charge in [-0.1, -0.05) is 18.2 Å². The first kappa shape index (κ1) is 13.4. The van der Waals surface area contributed by atoms with Gasteiger partial charge in [0.05, 0.1) is 6.61 Å². The lowest BCUT2D eigenvalue weighted by Gasteiger charge is -2.32. The lowest BCUT2D eigenvalue weighted by atomic mass is 10.1. The largest absolute Gasteiger partial charge is 0.494 e. The molecule has 0 amide bonds. The molecule has 3 nitrogen and oxygen atoms in total. The summed E-state index contributed by atoms with van der Waals surface area (Å²) in [7, 11) is 2.21. The van der Waals surface area contributed by atoms with Gasteiger partial charge in [-0.05, 0) is 39.4 Å². The Bertz CT molecular complexity index is 361. The van der Waals surface area contributed by atoms with Crippen LogP contribution >= 0.6 is 0 Å². The predicted octanol–water partition coefficient (Wildman–Crippen LogP) is 2.27. The molecule has 2 rings (SSSR count). The fourth-order valence-electron chi connectivity index (χ4n) is 2.54. The number of para-hydroxylation sites is 1. The topological polar surface area (TPSA) is 24.5 Å². The Morgan fingerprint density at radius 3 is 2.94 bits per heavy atom. The minimum Gasteiger partial charge on any atom is -0.494 e. The molecular formula is C15H24N2O. The summed E-state index contributed by atoms with van der Waals surface area (Å²) >= 11 is 0. The molecule has 1 aromatic rings. The molecular weight excluding hydrogens is 224 g/mol. The Morgan fingerprint density at radius 2 is 2.22 bits per heavy atom. The maximum atomic E-state index is 5.68. The molecule has 0 saturated carbocycles. The Hall–Kier alpha value is -1.06. The lowest BCUT2D eigenvalue weighted by Crippen LogP contribution is -2.43. The first-order chi connectivity index (χ1) is 8.81. The van der Waals surface area contributed by atoms with Crippen LogP contribution in [0.25, 0.3) is 0 Å². The van der Waals surface area contributed by atoms with E-state index in [0.717, 1.165) is 25.4 Å². The van der Waals surface area contributed by atoms with Gasteiger partial charge >= 0.3 is 0 Å². The number of ether oxygens (including phenoxy) is 1. The van der Waals surface area contributed by atoms with Crippen molar-refractivity contribution < 1.29 is 4.74 Å². The van der Waals surface area contributed by atoms with Gasteiger partial charge in [0, 0.05) is 24.7 Å². The number of rotatable bonds is 5. The van der Waals surface area contributed by atoms with Crippen LogP contribution < -0.4 is 10.1 Å². The second-order valence-corrected chi connectivity index (χ2v) is 4.96. The fourth-order valence-corrected chi connectivity index (χ4v) is 2.54. The van der Waals surface area contributed by atoms with E-state index in [-0.39, 0.29) is 0 Å². The summed E-state index contributed by atoms with van der Waals surface area (Å²) in [4.78, 5) is 2.43. The number of nitrogens with zero attached hydrogens (tertiary/aromatic N) is 1. The van der Waals surface area contributed by atoms with E-state index < -0.39 is 0 Å². The summed E-state index contributed by atoms with van der Waals surface area (Å²) in [6.07, 6.45) is 2.57. The standard InChI is InChI=1S/C15H24N2O/c1-3-18-15-9-5-4-7-13(15)12-17(2)14-8-6-10-16-11-14/h4-5,7,9,14,16H,3,6,8,10-12H2,1-2H3. The summed E-state index contributed by atoms with van der Waals surface area (Å²) < 4.78 is 5.68. The van der Waals surface area contributed by atoms with Gasteiger partial charge in [0.1, 0.15) is 5.75 Å². The molecule has 1 unspecified atom stereocenters. The number of hydrogen-bond acceptors (Lipinski definition) is 3. The van der Waals surface area contributed by atoms with Gasteiger partial charge in [-0.25, -0.2) is 0 Å². The minimum absolute atomic E-state index is 0.647. The van der Waals surface area contributed by atoms with Gasteiger partial charge in [0.2, 0.25) is 0 Å². The summed E-state index contributed by atoms with van der Waals surface area (Å²) in [6.45, 7) is 5.99. The first-order valence-corrected chi connectivity index (χ1v) is 6.93. The highest BCUT2D eigenvalue weighted by Crippen LogP contribution is 2.21. The van der Waals surface area contributed by atoms with Gasteiger partial charge in [-0.2, -0.15) is 0 Å². The van der Waals surface area contributed by atoms with Crippen molar-refractivity contribution in [1.29, 1.82) is 0 Å². The third-order valence-electron chi connectivity index (χ3n) is 3.59. The van der Waals surface area contributed by atoms with E-state index in [0.29, 0.717) is 6.04 Å². The van der Waals surface area contributed by atoms with Crippen LogP contribution in [0.1, 0.15) is 25.3 Å². The quantitative estimate of drug-likeness (QED) is 0.865. The van der Waals surface area contributed by atoms with Crippen LogP contribution in [-0.2, 0) is 6.54 Å². The molecule has 1 N–H and O–H groups in total. The van der Waals surface area contributed by atoms with Gasteiger partial charge in [-0.3, -0.25) is 4.90 Å². The van der Waals surface area contributed by atoms with Crippen LogP contribution in [-0.4, -0.2) is 37.7 Å². The van der Waals surface area contributed by atoms with Crippen LogP contribution in [0.15, 0.2) is 24.3 Å². The molecule has 3 heteroatoms.